The highest BCUT2D eigenvalue weighted by Gasteiger charge is 2.03. The summed E-state index contributed by atoms with van der Waals surface area (Å²) in [5, 5.41) is 0.440. The molecule has 0 radical (unpaired) electrons. The second-order valence-electron chi connectivity index (χ2n) is 3.83. The number of halogens is 1. The standard InChI is InChI=1S/C14H14ClNO3/c1-17-12-5-10(6-13(7-12)18-2)9-19-11-3-4-14(15)16-8-11/h3-8H,9H2,1-2H3. The van der Waals surface area contributed by atoms with E-state index in [4.69, 9.17) is 25.8 Å². The first-order chi connectivity index (χ1) is 9.21. The van der Waals surface area contributed by atoms with Crippen LogP contribution in [0.15, 0.2) is 36.5 Å². The van der Waals surface area contributed by atoms with Gasteiger partial charge >= 0.3 is 0 Å². The number of pyridine rings is 1. The maximum Gasteiger partial charge on any atom is 0.138 e. The molecule has 19 heavy (non-hydrogen) atoms. The van der Waals surface area contributed by atoms with Crippen LogP contribution in [0, 0.1) is 0 Å². The first-order valence-corrected chi connectivity index (χ1v) is 6.05. The zero-order valence-electron chi connectivity index (χ0n) is 10.7. The van der Waals surface area contributed by atoms with Crippen molar-refractivity contribution in [2.24, 2.45) is 0 Å². The minimum absolute atomic E-state index is 0.400. The number of methoxy groups -OCH3 is 2. The first-order valence-electron chi connectivity index (χ1n) is 5.67. The van der Waals surface area contributed by atoms with Crippen molar-refractivity contribution in [1.82, 2.24) is 4.98 Å². The quantitative estimate of drug-likeness (QED) is 0.787. The molecule has 0 aliphatic rings. The minimum atomic E-state index is 0.400. The Morgan fingerprint density at radius 3 is 2.21 bits per heavy atom. The van der Waals surface area contributed by atoms with Gasteiger partial charge in [0.1, 0.15) is 29.0 Å². The molecule has 0 fully saturated rings. The van der Waals surface area contributed by atoms with Gasteiger partial charge in [-0.2, -0.15) is 0 Å². The summed E-state index contributed by atoms with van der Waals surface area (Å²) in [6.45, 7) is 0.400. The Hall–Kier alpha value is -1.94. The molecular weight excluding hydrogens is 266 g/mol. The van der Waals surface area contributed by atoms with Crippen molar-refractivity contribution in [1.29, 1.82) is 0 Å². The lowest BCUT2D eigenvalue weighted by molar-refractivity contribution is 0.302. The minimum Gasteiger partial charge on any atom is -0.497 e. The van der Waals surface area contributed by atoms with Gasteiger partial charge in [0, 0.05) is 6.07 Å². The molecule has 0 N–H and O–H groups in total. The van der Waals surface area contributed by atoms with Crippen molar-refractivity contribution in [2.75, 3.05) is 14.2 Å². The Morgan fingerprint density at radius 1 is 1.00 bits per heavy atom. The number of rotatable bonds is 5. The Labute approximate surface area is 116 Å². The van der Waals surface area contributed by atoms with Gasteiger partial charge in [-0.05, 0) is 29.8 Å². The van der Waals surface area contributed by atoms with Crippen LogP contribution in [-0.2, 0) is 6.61 Å². The summed E-state index contributed by atoms with van der Waals surface area (Å²) in [5.41, 5.74) is 0.950. The molecule has 1 aromatic carbocycles. The molecule has 0 spiro atoms. The van der Waals surface area contributed by atoms with Gasteiger partial charge in [0.05, 0.1) is 20.4 Å². The van der Waals surface area contributed by atoms with Gasteiger partial charge in [-0.1, -0.05) is 11.6 Å². The smallest absolute Gasteiger partial charge is 0.138 e. The van der Waals surface area contributed by atoms with Gasteiger partial charge in [0.25, 0.3) is 0 Å². The van der Waals surface area contributed by atoms with E-state index in [0.29, 0.717) is 17.5 Å². The van der Waals surface area contributed by atoms with Gasteiger partial charge in [-0.25, -0.2) is 4.98 Å². The highest BCUT2D eigenvalue weighted by molar-refractivity contribution is 6.29. The molecule has 1 aromatic heterocycles. The molecular formula is C14H14ClNO3. The molecule has 2 aromatic rings. The van der Waals surface area contributed by atoms with Crippen LogP contribution in [0.3, 0.4) is 0 Å². The monoisotopic (exact) mass is 279 g/mol. The van der Waals surface area contributed by atoms with Crippen LogP contribution >= 0.6 is 11.6 Å². The van der Waals surface area contributed by atoms with Gasteiger partial charge < -0.3 is 14.2 Å². The second-order valence-corrected chi connectivity index (χ2v) is 4.21. The predicted molar refractivity (Wildman–Crippen MR) is 73.1 cm³/mol. The fraction of sp³-hybridized carbons (Fsp3) is 0.214. The van der Waals surface area contributed by atoms with Crippen LogP contribution in [0.1, 0.15) is 5.56 Å². The van der Waals surface area contributed by atoms with Crippen LogP contribution in [0.2, 0.25) is 5.15 Å². The van der Waals surface area contributed by atoms with Crippen molar-refractivity contribution in [2.45, 2.75) is 6.61 Å². The van der Waals surface area contributed by atoms with E-state index in [9.17, 15) is 0 Å². The number of nitrogens with zero attached hydrogens (tertiary/aromatic N) is 1. The Kier molecular flexibility index (Phi) is 4.47. The van der Waals surface area contributed by atoms with Gasteiger partial charge in [0.15, 0.2) is 0 Å². The van der Waals surface area contributed by atoms with E-state index in [2.05, 4.69) is 4.98 Å². The zero-order valence-corrected chi connectivity index (χ0v) is 11.5. The number of aromatic nitrogens is 1. The zero-order chi connectivity index (χ0) is 13.7. The van der Waals surface area contributed by atoms with Gasteiger partial charge in [-0.3, -0.25) is 0 Å². The third-order valence-corrected chi connectivity index (χ3v) is 2.74. The lowest BCUT2D eigenvalue weighted by Gasteiger charge is -2.09. The molecule has 1 heterocycles. The number of benzene rings is 1. The van der Waals surface area contributed by atoms with E-state index in [1.54, 1.807) is 32.5 Å². The Morgan fingerprint density at radius 2 is 1.68 bits per heavy atom. The van der Waals surface area contributed by atoms with E-state index in [-0.39, 0.29) is 0 Å². The topological polar surface area (TPSA) is 40.6 Å². The van der Waals surface area contributed by atoms with Crippen LogP contribution in [0.5, 0.6) is 17.2 Å². The molecule has 100 valence electrons. The SMILES string of the molecule is COc1cc(COc2ccc(Cl)nc2)cc(OC)c1. The maximum atomic E-state index is 5.71. The fourth-order valence-corrected chi connectivity index (χ4v) is 1.68. The number of ether oxygens (including phenoxy) is 3. The average molecular weight is 280 g/mol. The Balaban J connectivity index is 2.08. The van der Waals surface area contributed by atoms with E-state index in [1.807, 2.05) is 18.2 Å². The summed E-state index contributed by atoms with van der Waals surface area (Å²) in [6.07, 6.45) is 1.58. The summed E-state index contributed by atoms with van der Waals surface area (Å²) in [4.78, 5) is 3.95. The molecule has 0 aliphatic carbocycles. The molecule has 0 bridgehead atoms. The lowest BCUT2D eigenvalue weighted by atomic mass is 10.2. The summed E-state index contributed by atoms with van der Waals surface area (Å²) in [5.74, 6) is 2.12. The van der Waals surface area contributed by atoms with Gasteiger partial charge in [-0.15, -0.1) is 0 Å². The van der Waals surface area contributed by atoms with Crippen molar-refractivity contribution in [3.63, 3.8) is 0 Å². The molecule has 5 heteroatoms. The lowest BCUT2D eigenvalue weighted by Crippen LogP contribution is -1.97. The summed E-state index contributed by atoms with van der Waals surface area (Å²) in [7, 11) is 3.23. The van der Waals surface area contributed by atoms with Gasteiger partial charge in [0.2, 0.25) is 0 Å². The molecule has 0 amide bonds. The summed E-state index contributed by atoms with van der Waals surface area (Å²) in [6, 6.07) is 9.06. The van der Waals surface area contributed by atoms with Crippen molar-refractivity contribution >= 4 is 11.6 Å². The van der Waals surface area contributed by atoms with Crippen LogP contribution in [-0.4, -0.2) is 19.2 Å². The highest BCUT2D eigenvalue weighted by Crippen LogP contribution is 2.23. The molecule has 0 unspecified atom stereocenters. The maximum absolute atomic E-state index is 5.71. The van der Waals surface area contributed by atoms with Crippen molar-refractivity contribution in [3.05, 3.63) is 47.2 Å². The van der Waals surface area contributed by atoms with E-state index in [0.717, 1.165) is 17.1 Å². The van der Waals surface area contributed by atoms with Crippen LogP contribution < -0.4 is 14.2 Å². The third kappa shape index (κ3) is 3.76. The summed E-state index contributed by atoms with van der Waals surface area (Å²) >= 11 is 5.71. The number of hydrogen-bond donors (Lipinski definition) is 0. The predicted octanol–water partition coefficient (Wildman–Crippen LogP) is 3.33. The molecule has 0 aliphatic heterocycles. The van der Waals surface area contributed by atoms with E-state index < -0.39 is 0 Å². The van der Waals surface area contributed by atoms with E-state index in [1.165, 1.54) is 0 Å². The highest BCUT2D eigenvalue weighted by atomic mass is 35.5. The summed E-state index contributed by atoms with van der Waals surface area (Å²) < 4.78 is 16.0. The van der Waals surface area contributed by atoms with Crippen LogP contribution in [0.4, 0.5) is 0 Å². The van der Waals surface area contributed by atoms with E-state index >= 15 is 0 Å². The molecule has 0 atom stereocenters. The molecule has 0 saturated heterocycles. The first kappa shape index (κ1) is 13.5. The number of hydrogen-bond acceptors (Lipinski definition) is 4. The van der Waals surface area contributed by atoms with Crippen molar-refractivity contribution < 1.29 is 14.2 Å². The fourth-order valence-electron chi connectivity index (χ4n) is 1.56. The molecule has 2 rings (SSSR count). The van der Waals surface area contributed by atoms with Crippen LogP contribution in [0.25, 0.3) is 0 Å². The molecule has 4 nitrogen and oxygen atoms in total. The second kappa shape index (κ2) is 6.29. The Bertz CT molecular complexity index is 521. The largest absolute Gasteiger partial charge is 0.497 e. The third-order valence-electron chi connectivity index (χ3n) is 2.52. The molecule has 0 saturated carbocycles. The average Bonchev–Trinajstić information content (AvgIpc) is 2.46. The normalized spacial score (nSPS) is 10.1. The van der Waals surface area contributed by atoms with Crippen molar-refractivity contribution in [3.8, 4) is 17.2 Å².